The van der Waals surface area contributed by atoms with Gasteiger partial charge in [0, 0.05) is 11.6 Å². The average molecular weight is 300 g/mol. The van der Waals surface area contributed by atoms with E-state index in [9.17, 15) is 9.90 Å². The van der Waals surface area contributed by atoms with E-state index >= 15 is 0 Å². The lowest BCUT2D eigenvalue weighted by molar-refractivity contribution is 0.0693. The lowest BCUT2D eigenvalue weighted by Gasteiger charge is -2.26. The molecule has 1 aliphatic heterocycles. The van der Waals surface area contributed by atoms with E-state index in [1.54, 1.807) is 6.07 Å². The maximum atomic E-state index is 11.2. The van der Waals surface area contributed by atoms with Gasteiger partial charge >= 0.3 is 5.97 Å². The van der Waals surface area contributed by atoms with E-state index in [0.29, 0.717) is 10.0 Å². The van der Waals surface area contributed by atoms with Crippen molar-refractivity contribution in [1.29, 1.82) is 0 Å². The van der Waals surface area contributed by atoms with Crippen LogP contribution in [0, 0.1) is 0 Å². The number of rotatable bonds is 2. The van der Waals surface area contributed by atoms with Gasteiger partial charge in [0.1, 0.15) is 5.75 Å². The van der Waals surface area contributed by atoms with Crippen molar-refractivity contribution in [3.63, 3.8) is 0 Å². The second kappa shape index (κ2) is 5.06. The Morgan fingerprint density at radius 2 is 2.18 bits per heavy atom. The van der Waals surface area contributed by atoms with Crippen molar-refractivity contribution in [2.45, 2.75) is 25.3 Å². The number of aromatic carboxylic acids is 1. The van der Waals surface area contributed by atoms with Crippen LogP contribution in [0.15, 0.2) is 16.6 Å². The van der Waals surface area contributed by atoms with Crippen LogP contribution in [0.25, 0.3) is 0 Å². The second-order valence-electron chi connectivity index (χ2n) is 4.16. The first-order valence-corrected chi connectivity index (χ1v) is 6.38. The molecule has 0 bridgehead atoms. The fraction of sp³-hybridized carbons (Fsp3) is 0.417. The van der Waals surface area contributed by atoms with Gasteiger partial charge in [0.2, 0.25) is 0 Å². The number of carboxylic acid groups (broad SMARTS) is 1. The Bertz CT molecular complexity index is 442. The van der Waals surface area contributed by atoms with E-state index in [0.717, 1.165) is 25.8 Å². The molecule has 1 saturated heterocycles. The van der Waals surface area contributed by atoms with Gasteiger partial charge in [-0.3, -0.25) is 0 Å². The zero-order valence-electron chi connectivity index (χ0n) is 9.24. The maximum Gasteiger partial charge on any atom is 0.336 e. The highest BCUT2D eigenvalue weighted by Crippen LogP contribution is 2.37. The van der Waals surface area contributed by atoms with E-state index in [4.69, 9.17) is 5.11 Å². The minimum Gasteiger partial charge on any atom is -0.506 e. The molecule has 1 aromatic rings. The number of piperidine rings is 1. The summed E-state index contributed by atoms with van der Waals surface area (Å²) in [5.41, 5.74) is 0.664. The summed E-state index contributed by atoms with van der Waals surface area (Å²) in [6.45, 7) is 0.857. The summed E-state index contributed by atoms with van der Waals surface area (Å²) in [6, 6.07) is 3.01. The van der Waals surface area contributed by atoms with Gasteiger partial charge in [0.05, 0.1) is 10.0 Å². The van der Waals surface area contributed by atoms with Crippen LogP contribution in [0.2, 0.25) is 0 Å². The van der Waals surface area contributed by atoms with E-state index in [1.807, 2.05) is 0 Å². The fourth-order valence-corrected chi connectivity index (χ4v) is 2.56. The third-order valence-corrected chi connectivity index (χ3v) is 3.70. The molecule has 1 aromatic carbocycles. The lowest BCUT2D eigenvalue weighted by atomic mass is 9.93. The van der Waals surface area contributed by atoms with Gasteiger partial charge in [0.15, 0.2) is 0 Å². The number of hydrogen-bond donors (Lipinski definition) is 3. The van der Waals surface area contributed by atoms with Crippen molar-refractivity contribution in [3.05, 3.63) is 27.7 Å². The number of hydrogen-bond acceptors (Lipinski definition) is 3. The number of nitrogens with one attached hydrogen (secondary N) is 1. The summed E-state index contributed by atoms with van der Waals surface area (Å²) in [4.78, 5) is 11.2. The third-order valence-electron chi connectivity index (χ3n) is 3.06. The number of halogens is 1. The van der Waals surface area contributed by atoms with Crippen LogP contribution < -0.4 is 5.32 Å². The molecule has 0 radical (unpaired) electrons. The first-order chi connectivity index (χ1) is 8.11. The number of carboxylic acids is 1. The molecule has 0 unspecified atom stereocenters. The van der Waals surface area contributed by atoms with Crippen molar-refractivity contribution >= 4 is 21.9 Å². The standard InChI is InChI=1S/C12H14BrNO3/c13-8-5-4-7(12(16)17)10(11(8)15)9-3-1-2-6-14-9/h4-5,9,14-15H,1-3,6H2,(H,16,17)/t9-/m1/s1. The molecule has 92 valence electrons. The predicted molar refractivity (Wildman–Crippen MR) is 67.4 cm³/mol. The molecule has 1 heterocycles. The average Bonchev–Trinajstić information content (AvgIpc) is 2.33. The highest BCUT2D eigenvalue weighted by molar-refractivity contribution is 9.10. The van der Waals surface area contributed by atoms with E-state index in [2.05, 4.69) is 21.2 Å². The van der Waals surface area contributed by atoms with Crippen LogP contribution in [-0.4, -0.2) is 22.7 Å². The Balaban J connectivity index is 2.48. The summed E-state index contributed by atoms with van der Waals surface area (Å²) < 4.78 is 0.532. The van der Waals surface area contributed by atoms with Gasteiger partial charge in [-0.2, -0.15) is 0 Å². The van der Waals surface area contributed by atoms with Gasteiger partial charge in [-0.1, -0.05) is 6.42 Å². The molecule has 2 rings (SSSR count). The summed E-state index contributed by atoms with van der Waals surface area (Å²) in [5.74, 6) is -0.973. The van der Waals surface area contributed by atoms with E-state index in [-0.39, 0.29) is 17.4 Å². The number of phenols is 1. The molecule has 0 amide bonds. The Morgan fingerprint density at radius 3 is 2.76 bits per heavy atom. The summed E-state index contributed by atoms with van der Waals surface area (Å²) in [7, 11) is 0. The SMILES string of the molecule is O=C(O)c1ccc(Br)c(O)c1[C@H]1CCCCN1. The molecule has 0 aliphatic carbocycles. The van der Waals surface area contributed by atoms with Gasteiger partial charge in [-0.05, 0) is 47.4 Å². The van der Waals surface area contributed by atoms with Crippen LogP contribution in [0.1, 0.15) is 41.2 Å². The maximum absolute atomic E-state index is 11.2. The fourth-order valence-electron chi connectivity index (χ4n) is 2.22. The summed E-state index contributed by atoms with van der Waals surface area (Å²) in [6.07, 6.45) is 2.99. The second-order valence-corrected chi connectivity index (χ2v) is 5.02. The van der Waals surface area contributed by atoms with Crippen LogP contribution in [-0.2, 0) is 0 Å². The van der Waals surface area contributed by atoms with Crippen molar-refractivity contribution < 1.29 is 15.0 Å². The summed E-state index contributed by atoms with van der Waals surface area (Å²) in [5, 5.41) is 22.4. The van der Waals surface area contributed by atoms with Crippen molar-refractivity contribution in [2.75, 3.05) is 6.54 Å². The molecule has 1 fully saturated rings. The molecule has 1 aliphatic rings. The molecule has 0 aromatic heterocycles. The topological polar surface area (TPSA) is 69.6 Å². The minimum absolute atomic E-state index is 0.0318. The molecule has 4 nitrogen and oxygen atoms in total. The first-order valence-electron chi connectivity index (χ1n) is 5.59. The van der Waals surface area contributed by atoms with Gasteiger partial charge in [0.25, 0.3) is 0 Å². The zero-order valence-corrected chi connectivity index (χ0v) is 10.8. The molecular formula is C12H14BrNO3. The highest BCUT2D eigenvalue weighted by Gasteiger charge is 2.25. The molecule has 17 heavy (non-hydrogen) atoms. The summed E-state index contributed by atoms with van der Waals surface area (Å²) >= 11 is 3.23. The van der Waals surface area contributed by atoms with Crippen molar-refractivity contribution in [1.82, 2.24) is 5.32 Å². The third kappa shape index (κ3) is 2.45. The molecular weight excluding hydrogens is 286 g/mol. The lowest BCUT2D eigenvalue weighted by Crippen LogP contribution is -2.28. The Morgan fingerprint density at radius 1 is 1.41 bits per heavy atom. The number of carbonyl (C=O) groups is 1. The van der Waals surface area contributed by atoms with E-state index in [1.165, 1.54) is 6.07 Å². The van der Waals surface area contributed by atoms with Crippen molar-refractivity contribution in [3.8, 4) is 5.75 Å². The normalized spacial score (nSPS) is 20.2. The molecule has 5 heteroatoms. The van der Waals surface area contributed by atoms with Crippen LogP contribution in [0.4, 0.5) is 0 Å². The van der Waals surface area contributed by atoms with Crippen LogP contribution in [0.3, 0.4) is 0 Å². The van der Waals surface area contributed by atoms with Crippen molar-refractivity contribution in [2.24, 2.45) is 0 Å². The minimum atomic E-state index is -1.00. The molecule has 1 atom stereocenters. The van der Waals surface area contributed by atoms with E-state index < -0.39 is 5.97 Å². The highest BCUT2D eigenvalue weighted by atomic mass is 79.9. The largest absolute Gasteiger partial charge is 0.506 e. The number of aromatic hydroxyl groups is 1. The molecule has 0 saturated carbocycles. The Kier molecular flexibility index (Phi) is 3.69. The molecule has 3 N–H and O–H groups in total. The first kappa shape index (κ1) is 12.4. The van der Waals surface area contributed by atoms with Gasteiger partial charge in [-0.15, -0.1) is 0 Å². The smallest absolute Gasteiger partial charge is 0.336 e. The van der Waals surface area contributed by atoms with Crippen LogP contribution >= 0.6 is 15.9 Å². The molecule has 0 spiro atoms. The van der Waals surface area contributed by atoms with Gasteiger partial charge < -0.3 is 15.5 Å². The monoisotopic (exact) mass is 299 g/mol. The predicted octanol–water partition coefficient (Wildman–Crippen LogP) is 2.67. The quantitative estimate of drug-likeness (QED) is 0.785. The van der Waals surface area contributed by atoms with Gasteiger partial charge in [-0.25, -0.2) is 4.79 Å². The number of phenolic OH excluding ortho intramolecular Hbond substituents is 1. The zero-order chi connectivity index (χ0) is 12.4. The Hall–Kier alpha value is -1.07. The van der Waals surface area contributed by atoms with Crippen LogP contribution in [0.5, 0.6) is 5.75 Å². The number of benzene rings is 1. The Labute approximate surface area is 108 Å².